The number of likely N-dealkylation sites (N-methyl/N-ethyl adjacent to an activating group) is 1. The molecule has 2 fully saturated rings. The van der Waals surface area contributed by atoms with Crippen LogP contribution in [0, 0.1) is 0 Å². The van der Waals surface area contributed by atoms with Crippen molar-refractivity contribution in [3.05, 3.63) is 0 Å². The van der Waals surface area contributed by atoms with E-state index in [1.54, 1.807) is 0 Å². The molecule has 0 unspecified atom stereocenters. The second kappa shape index (κ2) is 7.02. The lowest BCUT2D eigenvalue weighted by Crippen LogP contribution is -2.61. The number of rotatable bonds is 5. The van der Waals surface area contributed by atoms with Crippen molar-refractivity contribution in [3.8, 4) is 0 Å². The highest BCUT2D eigenvalue weighted by atomic mass is 15.3. The van der Waals surface area contributed by atoms with Gasteiger partial charge in [0.1, 0.15) is 0 Å². The highest BCUT2D eigenvalue weighted by molar-refractivity contribution is 4.96. The van der Waals surface area contributed by atoms with Crippen LogP contribution in [0.25, 0.3) is 0 Å². The van der Waals surface area contributed by atoms with Crippen LogP contribution >= 0.6 is 0 Å². The zero-order valence-corrected chi connectivity index (χ0v) is 12.9. The quantitative estimate of drug-likeness (QED) is 0.801. The van der Waals surface area contributed by atoms with Gasteiger partial charge in [-0.1, -0.05) is 19.3 Å². The molecule has 1 saturated heterocycles. The zero-order valence-electron chi connectivity index (χ0n) is 12.9. The third-order valence-corrected chi connectivity index (χ3v) is 5.07. The molecule has 0 bridgehead atoms. The van der Waals surface area contributed by atoms with E-state index in [-0.39, 0.29) is 0 Å². The fraction of sp³-hybridized carbons (Fsp3) is 1.00. The molecule has 0 aromatic carbocycles. The Morgan fingerprint density at radius 1 is 1.00 bits per heavy atom. The van der Waals surface area contributed by atoms with Crippen LogP contribution in [0.15, 0.2) is 0 Å². The lowest BCUT2D eigenvalue weighted by Gasteiger charge is -2.49. The first-order chi connectivity index (χ1) is 9.16. The van der Waals surface area contributed by atoms with Gasteiger partial charge in [0, 0.05) is 51.4 Å². The van der Waals surface area contributed by atoms with E-state index in [9.17, 15) is 0 Å². The van der Waals surface area contributed by atoms with Gasteiger partial charge in [-0.2, -0.15) is 0 Å². The molecular formula is C15H32N4. The maximum atomic E-state index is 6.14. The normalized spacial score (nSPS) is 25.9. The summed E-state index contributed by atoms with van der Waals surface area (Å²) in [6.07, 6.45) is 6.79. The van der Waals surface area contributed by atoms with E-state index in [4.69, 9.17) is 5.73 Å². The minimum atomic E-state index is 0.339. The maximum Gasteiger partial charge on any atom is 0.0332 e. The standard InChI is InChI=1S/C15H32N4/c1-17(2)8-9-18-10-12-19(13-11-18)15(14-16)6-4-3-5-7-15/h3-14,16H2,1-2H3. The van der Waals surface area contributed by atoms with E-state index in [1.807, 2.05) is 0 Å². The molecule has 0 aromatic rings. The van der Waals surface area contributed by atoms with Crippen molar-refractivity contribution in [1.29, 1.82) is 0 Å². The van der Waals surface area contributed by atoms with Crippen molar-refractivity contribution < 1.29 is 0 Å². The van der Waals surface area contributed by atoms with E-state index < -0.39 is 0 Å². The molecule has 0 amide bonds. The highest BCUT2D eigenvalue weighted by Gasteiger charge is 2.37. The summed E-state index contributed by atoms with van der Waals surface area (Å²) >= 11 is 0. The van der Waals surface area contributed by atoms with E-state index >= 15 is 0 Å². The second-order valence-corrected chi connectivity index (χ2v) is 6.62. The van der Waals surface area contributed by atoms with E-state index in [0.717, 1.165) is 6.54 Å². The molecule has 1 heterocycles. The molecule has 1 aliphatic heterocycles. The van der Waals surface area contributed by atoms with Crippen LogP contribution in [-0.4, -0.2) is 80.1 Å². The molecule has 2 N–H and O–H groups in total. The van der Waals surface area contributed by atoms with Gasteiger partial charge >= 0.3 is 0 Å². The van der Waals surface area contributed by atoms with Gasteiger partial charge in [-0.05, 0) is 26.9 Å². The molecule has 2 aliphatic rings. The molecular weight excluding hydrogens is 236 g/mol. The summed E-state index contributed by atoms with van der Waals surface area (Å²) in [5.41, 5.74) is 6.48. The monoisotopic (exact) mass is 268 g/mol. The van der Waals surface area contributed by atoms with Gasteiger partial charge in [0.05, 0.1) is 0 Å². The number of nitrogens with zero attached hydrogens (tertiary/aromatic N) is 3. The third-order valence-electron chi connectivity index (χ3n) is 5.07. The van der Waals surface area contributed by atoms with Crippen molar-refractivity contribution in [3.63, 3.8) is 0 Å². The Bertz CT molecular complexity index is 253. The first-order valence-corrected chi connectivity index (χ1v) is 7.98. The average Bonchev–Trinajstić information content (AvgIpc) is 2.46. The number of hydrogen-bond acceptors (Lipinski definition) is 4. The van der Waals surface area contributed by atoms with Crippen LogP contribution in [0.1, 0.15) is 32.1 Å². The Labute approximate surface area is 118 Å². The van der Waals surface area contributed by atoms with Crippen LogP contribution in [0.2, 0.25) is 0 Å². The smallest absolute Gasteiger partial charge is 0.0332 e. The van der Waals surface area contributed by atoms with E-state index in [1.165, 1.54) is 71.4 Å². The lowest BCUT2D eigenvalue weighted by molar-refractivity contribution is 0.0118. The van der Waals surface area contributed by atoms with Gasteiger partial charge in [0.25, 0.3) is 0 Å². The Hall–Kier alpha value is -0.160. The molecule has 4 nitrogen and oxygen atoms in total. The fourth-order valence-corrected chi connectivity index (χ4v) is 3.65. The van der Waals surface area contributed by atoms with Crippen LogP contribution < -0.4 is 5.73 Å². The van der Waals surface area contributed by atoms with Crippen molar-refractivity contribution in [1.82, 2.24) is 14.7 Å². The van der Waals surface area contributed by atoms with Gasteiger partial charge in [-0.15, -0.1) is 0 Å². The predicted octanol–water partition coefficient (Wildman–Crippen LogP) is 0.827. The molecule has 1 saturated carbocycles. The van der Waals surface area contributed by atoms with Gasteiger partial charge in [-0.25, -0.2) is 0 Å². The number of hydrogen-bond donors (Lipinski definition) is 1. The molecule has 0 radical (unpaired) electrons. The molecule has 19 heavy (non-hydrogen) atoms. The van der Waals surface area contributed by atoms with Gasteiger partial charge in [0.2, 0.25) is 0 Å². The molecule has 2 rings (SSSR count). The Morgan fingerprint density at radius 2 is 1.63 bits per heavy atom. The average molecular weight is 268 g/mol. The first kappa shape index (κ1) is 15.2. The maximum absolute atomic E-state index is 6.14. The molecule has 0 atom stereocenters. The first-order valence-electron chi connectivity index (χ1n) is 7.98. The summed E-state index contributed by atoms with van der Waals surface area (Å²) in [6.45, 7) is 8.09. The largest absolute Gasteiger partial charge is 0.329 e. The topological polar surface area (TPSA) is 35.7 Å². The van der Waals surface area contributed by atoms with Crippen LogP contribution in [0.4, 0.5) is 0 Å². The van der Waals surface area contributed by atoms with Crippen molar-refractivity contribution >= 4 is 0 Å². The van der Waals surface area contributed by atoms with Crippen LogP contribution in [0.5, 0.6) is 0 Å². The van der Waals surface area contributed by atoms with Gasteiger partial charge in [-0.3, -0.25) is 9.80 Å². The highest BCUT2D eigenvalue weighted by Crippen LogP contribution is 2.33. The van der Waals surface area contributed by atoms with Gasteiger partial charge in [0.15, 0.2) is 0 Å². The second-order valence-electron chi connectivity index (χ2n) is 6.62. The summed E-state index contributed by atoms with van der Waals surface area (Å²) in [4.78, 5) is 7.58. The minimum Gasteiger partial charge on any atom is -0.329 e. The van der Waals surface area contributed by atoms with E-state index in [0.29, 0.717) is 5.54 Å². The van der Waals surface area contributed by atoms with E-state index in [2.05, 4.69) is 28.8 Å². The Balaban J connectivity index is 1.81. The Kier molecular flexibility index (Phi) is 5.63. The number of piperazine rings is 1. The molecule has 0 spiro atoms. The lowest BCUT2D eigenvalue weighted by atomic mass is 9.80. The summed E-state index contributed by atoms with van der Waals surface area (Å²) < 4.78 is 0. The number of nitrogens with two attached hydrogens (primary N) is 1. The van der Waals surface area contributed by atoms with Crippen molar-refractivity contribution in [2.45, 2.75) is 37.6 Å². The van der Waals surface area contributed by atoms with Crippen LogP contribution in [-0.2, 0) is 0 Å². The Morgan fingerprint density at radius 3 is 2.16 bits per heavy atom. The summed E-state index contributed by atoms with van der Waals surface area (Å²) in [5, 5.41) is 0. The zero-order chi connectivity index (χ0) is 13.7. The molecule has 1 aliphatic carbocycles. The predicted molar refractivity (Wildman–Crippen MR) is 81.4 cm³/mol. The molecule has 112 valence electrons. The summed E-state index contributed by atoms with van der Waals surface area (Å²) in [5.74, 6) is 0. The minimum absolute atomic E-state index is 0.339. The summed E-state index contributed by atoms with van der Waals surface area (Å²) in [6, 6.07) is 0. The fourth-order valence-electron chi connectivity index (χ4n) is 3.65. The van der Waals surface area contributed by atoms with Crippen molar-refractivity contribution in [2.24, 2.45) is 5.73 Å². The summed E-state index contributed by atoms with van der Waals surface area (Å²) in [7, 11) is 4.31. The molecule has 4 heteroatoms. The third kappa shape index (κ3) is 3.91. The van der Waals surface area contributed by atoms with Crippen LogP contribution in [0.3, 0.4) is 0 Å². The molecule has 0 aromatic heterocycles. The van der Waals surface area contributed by atoms with Gasteiger partial charge < -0.3 is 10.6 Å². The van der Waals surface area contributed by atoms with Crippen molar-refractivity contribution in [2.75, 3.05) is 59.9 Å². The SMILES string of the molecule is CN(C)CCN1CCN(C2(CN)CCCCC2)CC1.